The fraction of sp³-hybridized carbons (Fsp3) is 0.0667. The second kappa shape index (κ2) is 5.93. The van der Waals surface area contributed by atoms with Gasteiger partial charge in [0.05, 0.1) is 5.56 Å². The first-order chi connectivity index (χ1) is 10.2. The second-order valence-electron chi connectivity index (χ2n) is 4.39. The first kappa shape index (κ1) is 13.6. The molecule has 2 aromatic carbocycles. The van der Waals surface area contributed by atoms with Gasteiger partial charge in [0.15, 0.2) is 0 Å². The third kappa shape index (κ3) is 3.20. The Hall–Kier alpha value is -2.40. The molecule has 0 aliphatic rings. The van der Waals surface area contributed by atoms with Gasteiger partial charge in [0.1, 0.15) is 5.82 Å². The Morgan fingerprint density at radius 3 is 2.81 bits per heavy atom. The van der Waals surface area contributed by atoms with Gasteiger partial charge in [-0.2, -0.15) is 4.98 Å². The second-order valence-corrected chi connectivity index (χ2v) is 4.82. The molecule has 0 atom stereocenters. The molecule has 0 aliphatic heterocycles. The standard InChI is InChI=1S/C15H11ClFN3O/c16-11-5-3-4-10(8-11)9-18-15-19-14(20-21-15)12-6-1-2-7-13(12)17/h1-8H,9H2,(H,18,19,20). The van der Waals surface area contributed by atoms with E-state index in [1.807, 2.05) is 18.2 Å². The quantitative estimate of drug-likeness (QED) is 0.787. The minimum Gasteiger partial charge on any atom is -0.334 e. The number of halogens is 2. The van der Waals surface area contributed by atoms with E-state index in [1.54, 1.807) is 24.3 Å². The number of hydrogen-bond donors (Lipinski definition) is 1. The predicted molar refractivity (Wildman–Crippen MR) is 78.5 cm³/mol. The normalized spacial score (nSPS) is 10.6. The van der Waals surface area contributed by atoms with Gasteiger partial charge in [0.25, 0.3) is 0 Å². The maximum atomic E-state index is 13.6. The third-order valence-corrected chi connectivity index (χ3v) is 3.11. The Balaban J connectivity index is 1.72. The lowest BCUT2D eigenvalue weighted by Crippen LogP contribution is -1.99. The van der Waals surface area contributed by atoms with E-state index in [0.29, 0.717) is 17.1 Å². The van der Waals surface area contributed by atoms with E-state index in [9.17, 15) is 4.39 Å². The Morgan fingerprint density at radius 2 is 2.00 bits per heavy atom. The molecule has 0 unspecified atom stereocenters. The van der Waals surface area contributed by atoms with Crippen LogP contribution in [0.2, 0.25) is 5.02 Å². The lowest BCUT2D eigenvalue weighted by molar-refractivity contribution is 0.431. The van der Waals surface area contributed by atoms with Gasteiger partial charge < -0.3 is 9.84 Å². The lowest BCUT2D eigenvalue weighted by atomic mass is 10.2. The number of hydrogen-bond acceptors (Lipinski definition) is 4. The Kier molecular flexibility index (Phi) is 3.83. The van der Waals surface area contributed by atoms with E-state index in [4.69, 9.17) is 16.1 Å². The summed E-state index contributed by atoms with van der Waals surface area (Å²) in [7, 11) is 0. The van der Waals surface area contributed by atoms with Crippen LogP contribution in [0.15, 0.2) is 53.1 Å². The van der Waals surface area contributed by atoms with Crippen LogP contribution in [0.4, 0.5) is 10.4 Å². The fourth-order valence-corrected chi connectivity index (χ4v) is 2.08. The molecule has 1 aromatic heterocycles. The van der Waals surface area contributed by atoms with Crippen molar-refractivity contribution in [1.29, 1.82) is 0 Å². The molecule has 0 saturated heterocycles. The van der Waals surface area contributed by atoms with Crippen molar-refractivity contribution in [1.82, 2.24) is 10.1 Å². The first-order valence-electron chi connectivity index (χ1n) is 6.29. The SMILES string of the molecule is Fc1ccccc1-c1noc(NCc2cccc(Cl)c2)n1. The van der Waals surface area contributed by atoms with Gasteiger partial charge in [-0.3, -0.25) is 0 Å². The smallest absolute Gasteiger partial charge is 0.322 e. The summed E-state index contributed by atoms with van der Waals surface area (Å²) in [6.07, 6.45) is 0. The molecule has 6 heteroatoms. The highest BCUT2D eigenvalue weighted by atomic mass is 35.5. The number of aromatic nitrogens is 2. The van der Waals surface area contributed by atoms with E-state index in [1.165, 1.54) is 6.07 Å². The summed E-state index contributed by atoms with van der Waals surface area (Å²) in [5.74, 6) is -0.179. The molecule has 4 nitrogen and oxygen atoms in total. The van der Waals surface area contributed by atoms with E-state index in [-0.39, 0.29) is 17.7 Å². The van der Waals surface area contributed by atoms with Gasteiger partial charge in [-0.05, 0) is 29.8 Å². The van der Waals surface area contributed by atoms with Crippen LogP contribution >= 0.6 is 11.6 Å². The summed E-state index contributed by atoms with van der Waals surface area (Å²) >= 11 is 5.91. The van der Waals surface area contributed by atoms with Gasteiger partial charge in [-0.1, -0.05) is 41.0 Å². The van der Waals surface area contributed by atoms with Crippen LogP contribution in [0.5, 0.6) is 0 Å². The molecule has 21 heavy (non-hydrogen) atoms. The summed E-state index contributed by atoms with van der Waals surface area (Å²) in [6.45, 7) is 0.486. The molecular formula is C15H11ClFN3O. The van der Waals surface area contributed by atoms with E-state index < -0.39 is 0 Å². The maximum absolute atomic E-state index is 13.6. The number of nitrogens with one attached hydrogen (secondary N) is 1. The summed E-state index contributed by atoms with van der Waals surface area (Å²) in [4.78, 5) is 4.12. The van der Waals surface area contributed by atoms with E-state index in [0.717, 1.165) is 5.56 Å². The summed E-state index contributed by atoms with van der Waals surface area (Å²) < 4.78 is 18.7. The molecule has 0 saturated carbocycles. The molecule has 3 rings (SSSR count). The molecule has 0 aliphatic carbocycles. The molecule has 106 valence electrons. The largest absolute Gasteiger partial charge is 0.334 e. The highest BCUT2D eigenvalue weighted by molar-refractivity contribution is 6.30. The molecule has 3 aromatic rings. The van der Waals surface area contributed by atoms with Gasteiger partial charge in [0.2, 0.25) is 5.82 Å². The van der Waals surface area contributed by atoms with Crippen LogP contribution in [-0.2, 0) is 6.54 Å². The van der Waals surface area contributed by atoms with Gasteiger partial charge >= 0.3 is 6.01 Å². The average Bonchev–Trinajstić information content (AvgIpc) is 2.94. The number of nitrogens with zero attached hydrogens (tertiary/aromatic N) is 2. The zero-order chi connectivity index (χ0) is 14.7. The Bertz CT molecular complexity index is 760. The molecule has 0 bridgehead atoms. The van der Waals surface area contributed by atoms with Crippen LogP contribution in [0.1, 0.15) is 5.56 Å². The molecule has 1 heterocycles. The zero-order valence-corrected chi connectivity index (χ0v) is 11.6. The van der Waals surface area contributed by atoms with Gasteiger partial charge in [-0.25, -0.2) is 4.39 Å². The predicted octanol–water partition coefficient (Wildman–Crippen LogP) is 4.14. The summed E-state index contributed by atoms with van der Waals surface area (Å²) in [6, 6.07) is 13.9. The van der Waals surface area contributed by atoms with Crippen LogP contribution in [0.25, 0.3) is 11.4 Å². The van der Waals surface area contributed by atoms with Crippen LogP contribution in [0.3, 0.4) is 0 Å². The lowest BCUT2D eigenvalue weighted by Gasteiger charge is -2.01. The number of anilines is 1. The minimum atomic E-state index is -0.389. The molecule has 0 spiro atoms. The zero-order valence-electron chi connectivity index (χ0n) is 10.9. The van der Waals surface area contributed by atoms with E-state index >= 15 is 0 Å². The molecule has 0 fully saturated rings. The van der Waals surface area contributed by atoms with Crippen molar-refractivity contribution in [3.8, 4) is 11.4 Å². The van der Waals surface area contributed by atoms with Crippen LogP contribution < -0.4 is 5.32 Å². The fourth-order valence-electron chi connectivity index (χ4n) is 1.87. The van der Waals surface area contributed by atoms with Gasteiger partial charge in [0, 0.05) is 11.6 Å². The minimum absolute atomic E-state index is 0.210. The first-order valence-corrected chi connectivity index (χ1v) is 6.67. The van der Waals surface area contributed by atoms with Gasteiger partial charge in [-0.15, -0.1) is 0 Å². The van der Waals surface area contributed by atoms with Crippen molar-refractivity contribution in [2.24, 2.45) is 0 Å². The topological polar surface area (TPSA) is 51.0 Å². The molecule has 1 N–H and O–H groups in total. The highest BCUT2D eigenvalue weighted by Crippen LogP contribution is 2.21. The van der Waals surface area contributed by atoms with Crippen molar-refractivity contribution in [2.45, 2.75) is 6.54 Å². The van der Waals surface area contributed by atoms with Crippen molar-refractivity contribution < 1.29 is 8.91 Å². The third-order valence-electron chi connectivity index (χ3n) is 2.87. The summed E-state index contributed by atoms with van der Waals surface area (Å²) in [5, 5.41) is 7.40. The molecule has 0 radical (unpaired) electrons. The Labute approximate surface area is 125 Å². The van der Waals surface area contributed by atoms with Crippen molar-refractivity contribution in [3.05, 3.63) is 64.9 Å². The van der Waals surface area contributed by atoms with Crippen LogP contribution in [-0.4, -0.2) is 10.1 Å². The maximum Gasteiger partial charge on any atom is 0.322 e. The van der Waals surface area contributed by atoms with Crippen LogP contribution in [0, 0.1) is 5.82 Å². The van der Waals surface area contributed by atoms with Crippen molar-refractivity contribution in [2.75, 3.05) is 5.32 Å². The summed E-state index contributed by atoms with van der Waals surface area (Å²) in [5.41, 5.74) is 1.28. The Morgan fingerprint density at radius 1 is 1.14 bits per heavy atom. The van der Waals surface area contributed by atoms with Crippen molar-refractivity contribution >= 4 is 17.6 Å². The molecular weight excluding hydrogens is 293 g/mol. The number of rotatable bonds is 4. The van der Waals surface area contributed by atoms with Crippen molar-refractivity contribution in [3.63, 3.8) is 0 Å². The number of benzene rings is 2. The van der Waals surface area contributed by atoms with E-state index in [2.05, 4.69) is 15.5 Å². The highest BCUT2D eigenvalue weighted by Gasteiger charge is 2.11. The average molecular weight is 304 g/mol. The molecule has 0 amide bonds. The monoisotopic (exact) mass is 303 g/mol.